The maximum Gasteiger partial charge on any atom is 0.321 e. The van der Waals surface area contributed by atoms with Crippen LogP contribution in [0.3, 0.4) is 0 Å². The monoisotopic (exact) mass is 291 g/mol. The largest absolute Gasteiger partial charge is 0.393 e. The Balaban J connectivity index is 1.98. The smallest absolute Gasteiger partial charge is 0.321 e. The summed E-state index contributed by atoms with van der Waals surface area (Å²) in [6, 6.07) is 5.94. The van der Waals surface area contributed by atoms with Gasteiger partial charge in [-0.3, -0.25) is 0 Å². The summed E-state index contributed by atoms with van der Waals surface area (Å²) in [6.07, 6.45) is 2.40. The van der Waals surface area contributed by atoms with Crippen molar-refractivity contribution in [1.29, 1.82) is 0 Å². The van der Waals surface area contributed by atoms with E-state index in [9.17, 15) is 9.90 Å². The van der Waals surface area contributed by atoms with E-state index in [1.807, 2.05) is 6.07 Å². The van der Waals surface area contributed by atoms with Crippen molar-refractivity contribution in [2.75, 3.05) is 37.4 Å². The van der Waals surface area contributed by atoms with Gasteiger partial charge in [0.15, 0.2) is 0 Å². The lowest BCUT2D eigenvalue weighted by atomic mass is 10.0. The fourth-order valence-electron chi connectivity index (χ4n) is 2.56. The number of urea groups is 1. The standard InChI is InChI=1S/C16H25N3O2/c1-12(20)8-10-19(3)16(21)17-14-6-7-15-13(11-14)5-4-9-18(15)2/h6-7,11-12,20H,4-5,8-10H2,1-3H3,(H,17,21). The number of carbonyl (C=O) groups excluding carboxylic acids is 1. The third kappa shape index (κ3) is 4.11. The summed E-state index contributed by atoms with van der Waals surface area (Å²) in [5, 5.41) is 12.2. The van der Waals surface area contributed by atoms with Gasteiger partial charge in [-0.25, -0.2) is 4.79 Å². The van der Waals surface area contributed by atoms with Crippen molar-refractivity contribution < 1.29 is 9.90 Å². The lowest BCUT2D eigenvalue weighted by Gasteiger charge is -2.28. The number of benzene rings is 1. The topological polar surface area (TPSA) is 55.8 Å². The molecule has 1 aliphatic heterocycles. The summed E-state index contributed by atoms with van der Waals surface area (Å²) < 4.78 is 0. The Morgan fingerprint density at radius 3 is 3.00 bits per heavy atom. The van der Waals surface area contributed by atoms with Crippen LogP contribution in [-0.4, -0.2) is 49.3 Å². The molecule has 1 unspecified atom stereocenters. The maximum atomic E-state index is 12.1. The second-order valence-electron chi connectivity index (χ2n) is 5.86. The summed E-state index contributed by atoms with van der Waals surface area (Å²) in [4.78, 5) is 15.9. The predicted molar refractivity (Wildman–Crippen MR) is 86.0 cm³/mol. The molecule has 0 saturated heterocycles. The van der Waals surface area contributed by atoms with Crippen LogP contribution in [0.2, 0.25) is 0 Å². The number of aliphatic hydroxyl groups is 1. The first-order chi connectivity index (χ1) is 9.97. The zero-order valence-corrected chi connectivity index (χ0v) is 13.1. The van der Waals surface area contributed by atoms with Crippen LogP contribution in [0.1, 0.15) is 25.3 Å². The molecule has 1 atom stereocenters. The number of nitrogens with one attached hydrogen (secondary N) is 1. The molecule has 0 radical (unpaired) electrons. The van der Waals surface area contributed by atoms with Gasteiger partial charge >= 0.3 is 6.03 Å². The number of hydrogen-bond acceptors (Lipinski definition) is 3. The molecular formula is C16H25N3O2. The molecule has 0 fully saturated rings. The number of nitrogens with zero attached hydrogens (tertiary/aromatic N) is 2. The van der Waals surface area contributed by atoms with Crippen molar-refractivity contribution in [3.63, 3.8) is 0 Å². The van der Waals surface area contributed by atoms with Gasteiger partial charge in [0, 0.05) is 38.6 Å². The summed E-state index contributed by atoms with van der Waals surface area (Å²) in [5.74, 6) is 0. The van der Waals surface area contributed by atoms with Gasteiger partial charge in [0.25, 0.3) is 0 Å². The van der Waals surface area contributed by atoms with Gasteiger partial charge in [0.2, 0.25) is 0 Å². The van der Waals surface area contributed by atoms with Crippen molar-refractivity contribution in [1.82, 2.24) is 4.90 Å². The van der Waals surface area contributed by atoms with Crippen molar-refractivity contribution in [2.24, 2.45) is 0 Å². The van der Waals surface area contributed by atoms with E-state index < -0.39 is 0 Å². The van der Waals surface area contributed by atoms with E-state index in [0.717, 1.165) is 25.1 Å². The molecule has 2 rings (SSSR count). The molecule has 5 nitrogen and oxygen atoms in total. The molecule has 0 bridgehead atoms. The highest BCUT2D eigenvalue weighted by atomic mass is 16.3. The van der Waals surface area contributed by atoms with Crippen molar-refractivity contribution >= 4 is 17.4 Å². The summed E-state index contributed by atoms with van der Waals surface area (Å²) in [6.45, 7) is 3.35. The lowest BCUT2D eigenvalue weighted by Crippen LogP contribution is -2.33. The van der Waals surface area contributed by atoms with Crippen LogP contribution in [0.4, 0.5) is 16.2 Å². The maximum absolute atomic E-state index is 12.1. The molecule has 0 aromatic heterocycles. The van der Waals surface area contributed by atoms with Gasteiger partial charge in [-0.1, -0.05) is 0 Å². The Hall–Kier alpha value is -1.75. The number of aryl methyl sites for hydroxylation is 1. The third-order valence-corrected chi connectivity index (χ3v) is 3.91. The van der Waals surface area contributed by atoms with E-state index in [2.05, 4.69) is 29.4 Å². The summed E-state index contributed by atoms with van der Waals surface area (Å²) in [7, 11) is 3.84. The van der Waals surface area contributed by atoms with Crippen LogP contribution < -0.4 is 10.2 Å². The van der Waals surface area contributed by atoms with Crippen LogP contribution in [0.15, 0.2) is 18.2 Å². The van der Waals surface area contributed by atoms with E-state index in [-0.39, 0.29) is 12.1 Å². The molecule has 1 aromatic rings. The molecule has 1 heterocycles. The number of fused-ring (bicyclic) bond motifs is 1. The SMILES string of the molecule is CC(O)CCN(C)C(=O)Nc1ccc2c(c1)CCCN2C. The van der Waals surface area contributed by atoms with E-state index in [1.54, 1.807) is 18.9 Å². The highest BCUT2D eigenvalue weighted by Gasteiger charge is 2.15. The molecule has 116 valence electrons. The van der Waals surface area contributed by atoms with Crippen LogP contribution in [0, 0.1) is 0 Å². The predicted octanol–water partition coefficient (Wildman–Crippen LogP) is 2.30. The van der Waals surface area contributed by atoms with E-state index in [0.29, 0.717) is 13.0 Å². The van der Waals surface area contributed by atoms with Crippen LogP contribution >= 0.6 is 0 Å². The molecule has 1 aliphatic rings. The second-order valence-corrected chi connectivity index (χ2v) is 5.86. The average molecular weight is 291 g/mol. The van der Waals surface area contributed by atoms with Crippen LogP contribution in [-0.2, 0) is 6.42 Å². The van der Waals surface area contributed by atoms with Gasteiger partial charge in [0.1, 0.15) is 0 Å². The Bertz CT molecular complexity index is 502. The van der Waals surface area contributed by atoms with Gasteiger partial charge in [-0.2, -0.15) is 0 Å². The molecule has 2 N–H and O–H groups in total. The normalized spacial score (nSPS) is 15.3. The third-order valence-electron chi connectivity index (χ3n) is 3.91. The average Bonchev–Trinajstić information content (AvgIpc) is 2.44. The fraction of sp³-hybridized carbons (Fsp3) is 0.562. The Labute approximate surface area is 126 Å². The molecule has 5 heteroatoms. The van der Waals surface area contributed by atoms with Gasteiger partial charge in [0.05, 0.1) is 6.10 Å². The van der Waals surface area contributed by atoms with E-state index in [1.165, 1.54) is 11.3 Å². The first kappa shape index (κ1) is 15.6. The van der Waals surface area contributed by atoms with Gasteiger partial charge in [-0.05, 0) is 49.9 Å². The summed E-state index contributed by atoms with van der Waals surface area (Å²) in [5.41, 5.74) is 3.37. The molecule has 0 aliphatic carbocycles. The van der Waals surface area contributed by atoms with Gasteiger partial charge in [-0.15, -0.1) is 0 Å². The summed E-state index contributed by atoms with van der Waals surface area (Å²) >= 11 is 0. The second kappa shape index (κ2) is 6.80. The number of aliphatic hydroxyl groups excluding tert-OH is 1. The molecule has 0 spiro atoms. The van der Waals surface area contributed by atoms with Crippen molar-refractivity contribution in [3.8, 4) is 0 Å². The van der Waals surface area contributed by atoms with Crippen LogP contribution in [0.5, 0.6) is 0 Å². The number of carbonyl (C=O) groups is 1. The lowest BCUT2D eigenvalue weighted by molar-refractivity contribution is 0.167. The van der Waals surface area contributed by atoms with Crippen molar-refractivity contribution in [3.05, 3.63) is 23.8 Å². The number of amides is 2. The quantitative estimate of drug-likeness (QED) is 0.895. The molecule has 1 aromatic carbocycles. The molecule has 0 saturated carbocycles. The van der Waals surface area contributed by atoms with Gasteiger partial charge < -0.3 is 20.2 Å². The zero-order valence-electron chi connectivity index (χ0n) is 13.1. The molecule has 21 heavy (non-hydrogen) atoms. The fourth-order valence-corrected chi connectivity index (χ4v) is 2.56. The highest BCUT2D eigenvalue weighted by molar-refractivity contribution is 5.89. The minimum absolute atomic E-state index is 0.139. The molecular weight excluding hydrogens is 266 g/mol. The molecule has 2 amide bonds. The minimum Gasteiger partial charge on any atom is -0.393 e. The number of anilines is 2. The van der Waals surface area contributed by atoms with E-state index >= 15 is 0 Å². The Morgan fingerprint density at radius 2 is 2.29 bits per heavy atom. The zero-order chi connectivity index (χ0) is 15.4. The minimum atomic E-state index is -0.389. The Kier molecular flexibility index (Phi) is 5.07. The van der Waals surface area contributed by atoms with Crippen molar-refractivity contribution in [2.45, 2.75) is 32.3 Å². The Morgan fingerprint density at radius 1 is 1.52 bits per heavy atom. The van der Waals surface area contributed by atoms with E-state index in [4.69, 9.17) is 0 Å². The first-order valence-electron chi connectivity index (χ1n) is 7.51. The van der Waals surface area contributed by atoms with Crippen LogP contribution in [0.25, 0.3) is 0 Å². The number of rotatable bonds is 4. The number of hydrogen-bond donors (Lipinski definition) is 2. The highest BCUT2D eigenvalue weighted by Crippen LogP contribution is 2.28. The first-order valence-corrected chi connectivity index (χ1v) is 7.51.